The lowest BCUT2D eigenvalue weighted by atomic mass is 9.94. The Labute approximate surface area is 90.3 Å². The summed E-state index contributed by atoms with van der Waals surface area (Å²) in [6, 6.07) is 6.85. The normalized spacial score (nSPS) is 21.4. The minimum absolute atomic E-state index is 0.742. The van der Waals surface area contributed by atoms with Gasteiger partial charge < -0.3 is 5.32 Å². The third kappa shape index (κ3) is 1.96. The molecule has 2 heteroatoms. The fourth-order valence-electron chi connectivity index (χ4n) is 2.15. The van der Waals surface area contributed by atoms with Crippen LogP contribution in [-0.2, 0) is 0 Å². The van der Waals surface area contributed by atoms with Crippen molar-refractivity contribution in [2.75, 3.05) is 19.3 Å². The zero-order chi connectivity index (χ0) is 9.97. The summed E-state index contributed by atoms with van der Waals surface area (Å²) in [6.45, 7) is 4.56. The molecule has 1 N–H and O–H groups in total. The van der Waals surface area contributed by atoms with Crippen LogP contribution in [0.25, 0.3) is 0 Å². The molecular weight excluding hydrogens is 190 g/mol. The van der Waals surface area contributed by atoms with Gasteiger partial charge in [0.2, 0.25) is 0 Å². The Kier molecular flexibility index (Phi) is 3.14. The molecule has 1 nitrogen and oxygen atoms in total. The van der Waals surface area contributed by atoms with E-state index >= 15 is 0 Å². The molecule has 0 bridgehead atoms. The minimum Gasteiger partial charge on any atom is -0.316 e. The summed E-state index contributed by atoms with van der Waals surface area (Å²) in [5.74, 6) is 0.742. The Morgan fingerprint density at radius 2 is 2.29 bits per heavy atom. The fraction of sp³-hybridized carbons (Fsp3) is 0.500. The molecule has 1 saturated heterocycles. The van der Waals surface area contributed by atoms with Gasteiger partial charge in [-0.25, -0.2) is 0 Å². The highest BCUT2D eigenvalue weighted by Gasteiger charge is 2.17. The van der Waals surface area contributed by atoms with Gasteiger partial charge in [0.25, 0.3) is 0 Å². The Morgan fingerprint density at radius 1 is 1.43 bits per heavy atom. The fourth-order valence-corrected chi connectivity index (χ4v) is 2.65. The summed E-state index contributed by atoms with van der Waals surface area (Å²) < 4.78 is 0. The molecule has 1 aromatic carbocycles. The first-order valence-corrected chi connectivity index (χ1v) is 6.39. The third-order valence-electron chi connectivity index (χ3n) is 2.98. The number of nitrogens with one attached hydrogen (secondary N) is 1. The highest BCUT2D eigenvalue weighted by atomic mass is 32.2. The van der Waals surface area contributed by atoms with Gasteiger partial charge in [-0.15, -0.1) is 11.8 Å². The van der Waals surface area contributed by atoms with Crippen molar-refractivity contribution < 1.29 is 0 Å². The van der Waals surface area contributed by atoms with Gasteiger partial charge in [-0.2, -0.15) is 0 Å². The van der Waals surface area contributed by atoms with Crippen molar-refractivity contribution in [1.82, 2.24) is 5.32 Å². The largest absolute Gasteiger partial charge is 0.316 e. The van der Waals surface area contributed by atoms with E-state index in [2.05, 4.69) is 36.7 Å². The molecular formula is C12H17NS. The third-order valence-corrected chi connectivity index (χ3v) is 3.70. The van der Waals surface area contributed by atoms with Crippen LogP contribution in [0.3, 0.4) is 0 Å². The maximum absolute atomic E-state index is 3.42. The van der Waals surface area contributed by atoms with Gasteiger partial charge in [-0.05, 0) is 55.3 Å². The van der Waals surface area contributed by atoms with Gasteiger partial charge in [0.15, 0.2) is 0 Å². The van der Waals surface area contributed by atoms with Crippen LogP contribution in [-0.4, -0.2) is 19.3 Å². The quantitative estimate of drug-likeness (QED) is 0.748. The molecule has 1 unspecified atom stereocenters. The van der Waals surface area contributed by atoms with Crippen molar-refractivity contribution in [1.29, 1.82) is 0 Å². The molecule has 0 aromatic heterocycles. The number of aryl methyl sites for hydroxylation is 1. The number of thioether (sulfide) groups is 1. The minimum atomic E-state index is 0.742. The zero-order valence-electron chi connectivity index (χ0n) is 8.84. The summed E-state index contributed by atoms with van der Waals surface area (Å²) in [5, 5.41) is 3.42. The van der Waals surface area contributed by atoms with Crippen LogP contribution in [0.15, 0.2) is 23.1 Å². The van der Waals surface area contributed by atoms with Crippen molar-refractivity contribution in [3.8, 4) is 0 Å². The van der Waals surface area contributed by atoms with E-state index < -0.39 is 0 Å². The average molecular weight is 207 g/mol. The summed E-state index contributed by atoms with van der Waals surface area (Å²) in [7, 11) is 0. The van der Waals surface area contributed by atoms with Crippen molar-refractivity contribution >= 4 is 11.8 Å². The van der Waals surface area contributed by atoms with Gasteiger partial charge >= 0.3 is 0 Å². The van der Waals surface area contributed by atoms with Crippen molar-refractivity contribution in [3.05, 3.63) is 29.3 Å². The maximum atomic E-state index is 3.42. The van der Waals surface area contributed by atoms with Crippen LogP contribution in [0.2, 0.25) is 0 Å². The van der Waals surface area contributed by atoms with Crippen LogP contribution in [0.5, 0.6) is 0 Å². The van der Waals surface area contributed by atoms with E-state index in [1.165, 1.54) is 29.0 Å². The predicted molar refractivity (Wildman–Crippen MR) is 63.2 cm³/mol. The molecule has 1 fully saturated rings. The molecule has 1 atom stereocenters. The van der Waals surface area contributed by atoms with E-state index in [-0.39, 0.29) is 0 Å². The first-order valence-electron chi connectivity index (χ1n) is 5.16. The molecule has 1 aliphatic rings. The molecule has 0 amide bonds. The number of hydrogen-bond acceptors (Lipinski definition) is 2. The maximum Gasteiger partial charge on any atom is 0.00719 e. The monoisotopic (exact) mass is 207 g/mol. The summed E-state index contributed by atoms with van der Waals surface area (Å²) >= 11 is 1.82. The molecule has 0 aliphatic carbocycles. The van der Waals surface area contributed by atoms with Gasteiger partial charge in [0.1, 0.15) is 0 Å². The standard InChI is InChI=1S/C12H17NS/c1-9-7-11(14-2)3-4-12(9)10-5-6-13-8-10/h3-4,7,10,13H,5-6,8H2,1-2H3. The van der Waals surface area contributed by atoms with Crippen LogP contribution in [0.1, 0.15) is 23.5 Å². The lowest BCUT2D eigenvalue weighted by Crippen LogP contribution is -2.08. The van der Waals surface area contributed by atoms with Gasteiger partial charge in [0, 0.05) is 11.4 Å². The van der Waals surface area contributed by atoms with E-state index in [1.807, 2.05) is 11.8 Å². The highest BCUT2D eigenvalue weighted by molar-refractivity contribution is 7.98. The molecule has 2 rings (SSSR count). The summed E-state index contributed by atoms with van der Waals surface area (Å²) in [6.07, 6.45) is 3.42. The molecule has 14 heavy (non-hydrogen) atoms. The van der Waals surface area contributed by atoms with E-state index in [0.717, 1.165) is 12.5 Å². The SMILES string of the molecule is CSc1ccc(C2CCNC2)c(C)c1. The molecule has 1 aromatic rings. The van der Waals surface area contributed by atoms with Crippen molar-refractivity contribution in [2.45, 2.75) is 24.2 Å². The molecule has 76 valence electrons. The van der Waals surface area contributed by atoms with Crippen molar-refractivity contribution in [2.24, 2.45) is 0 Å². The van der Waals surface area contributed by atoms with Crippen LogP contribution in [0, 0.1) is 6.92 Å². The topological polar surface area (TPSA) is 12.0 Å². The number of rotatable bonds is 2. The van der Waals surface area contributed by atoms with Gasteiger partial charge in [-0.3, -0.25) is 0 Å². The van der Waals surface area contributed by atoms with Crippen LogP contribution >= 0.6 is 11.8 Å². The lowest BCUT2D eigenvalue weighted by Gasteiger charge is -2.13. The molecule has 0 spiro atoms. The van der Waals surface area contributed by atoms with Crippen molar-refractivity contribution in [3.63, 3.8) is 0 Å². The number of benzene rings is 1. The average Bonchev–Trinajstić information content (AvgIpc) is 2.70. The summed E-state index contributed by atoms with van der Waals surface area (Å²) in [4.78, 5) is 1.37. The Hall–Kier alpha value is -0.470. The highest BCUT2D eigenvalue weighted by Crippen LogP contribution is 2.28. The second-order valence-electron chi connectivity index (χ2n) is 3.91. The van der Waals surface area contributed by atoms with E-state index in [0.29, 0.717) is 0 Å². The molecule has 1 aliphatic heterocycles. The molecule has 1 heterocycles. The van der Waals surface area contributed by atoms with E-state index in [9.17, 15) is 0 Å². The molecule has 0 radical (unpaired) electrons. The number of hydrogen-bond donors (Lipinski definition) is 1. The molecule has 0 saturated carbocycles. The first kappa shape index (κ1) is 10.1. The lowest BCUT2D eigenvalue weighted by molar-refractivity contribution is 0.756. The van der Waals surface area contributed by atoms with Gasteiger partial charge in [0.05, 0.1) is 0 Å². The Morgan fingerprint density at radius 3 is 2.86 bits per heavy atom. The second kappa shape index (κ2) is 4.37. The first-order chi connectivity index (χ1) is 6.81. The predicted octanol–water partition coefficient (Wildman–Crippen LogP) is 2.79. The van der Waals surface area contributed by atoms with Gasteiger partial charge in [-0.1, -0.05) is 6.07 Å². The zero-order valence-corrected chi connectivity index (χ0v) is 9.66. The van der Waals surface area contributed by atoms with E-state index in [1.54, 1.807) is 0 Å². The summed E-state index contributed by atoms with van der Waals surface area (Å²) in [5.41, 5.74) is 2.98. The van der Waals surface area contributed by atoms with E-state index in [4.69, 9.17) is 0 Å². The Balaban J connectivity index is 2.25. The van der Waals surface area contributed by atoms with Crippen LogP contribution < -0.4 is 5.32 Å². The second-order valence-corrected chi connectivity index (χ2v) is 4.79. The smallest absolute Gasteiger partial charge is 0.00719 e. The Bertz CT molecular complexity index is 316. The van der Waals surface area contributed by atoms with Crippen LogP contribution in [0.4, 0.5) is 0 Å².